The van der Waals surface area contributed by atoms with Gasteiger partial charge in [0, 0.05) is 5.69 Å². The number of benzene rings is 1. The molecule has 5 nitrogen and oxygen atoms in total. The van der Waals surface area contributed by atoms with Crippen LogP contribution in [0.5, 0.6) is 5.75 Å². The zero-order chi connectivity index (χ0) is 13.1. The Morgan fingerprint density at radius 3 is 2.89 bits per heavy atom. The summed E-state index contributed by atoms with van der Waals surface area (Å²) in [5, 5.41) is 12.4. The summed E-state index contributed by atoms with van der Waals surface area (Å²) in [4.78, 5) is 14.9. The van der Waals surface area contributed by atoms with Crippen LogP contribution in [0.2, 0.25) is 0 Å². The lowest BCUT2D eigenvalue weighted by Crippen LogP contribution is -1.91. The van der Waals surface area contributed by atoms with Crippen LogP contribution in [0.15, 0.2) is 28.9 Å². The quantitative estimate of drug-likeness (QED) is 0.900. The van der Waals surface area contributed by atoms with Crippen molar-refractivity contribution in [3.05, 3.63) is 33.7 Å². The van der Waals surface area contributed by atoms with Gasteiger partial charge >= 0.3 is 5.97 Å². The summed E-state index contributed by atoms with van der Waals surface area (Å²) < 4.78 is 5.93. The second-order valence-electron chi connectivity index (χ2n) is 3.31. The summed E-state index contributed by atoms with van der Waals surface area (Å²) in [5.74, 6) is -0.248. The predicted molar refractivity (Wildman–Crippen MR) is 73.1 cm³/mol. The van der Waals surface area contributed by atoms with Crippen molar-refractivity contribution < 1.29 is 14.6 Å². The molecule has 94 valence electrons. The van der Waals surface area contributed by atoms with Gasteiger partial charge in [-0.05, 0) is 34.1 Å². The third kappa shape index (κ3) is 2.80. The molecule has 2 rings (SSSR count). The van der Waals surface area contributed by atoms with E-state index >= 15 is 0 Å². The predicted octanol–water partition coefficient (Wildman–Crippen LogP) is 3.36. The van der Waals surface area contributed by atoms with Crippen molar-refractivity contribution in [3.8, 4) is 5.75 Å². The summed E-state index contributed by atoms with van der Waals surface area (Å²) >= 11 is 4.46. The zero-order valence-corrected chi connectivity index (χ0v) is 11.7. The Labute approximate surface area is 116 Å². The molecule has 0 saturated heterocycles. The normalized spacial score (nSPS) is 10.1. The molecule has 2 N–H and O–H groups in total. The average molecular weight is 329 g/mol. The minimum atomic E-state index is -0.975. The van der Waals surface area contributed by atoms with Crippen molar-refractivity contribution in [1.29, 1.82) is 0 Å². The van der Waals surface area contributed by atoms with Crippen LogP contribution in [0.3, 0.4) is 0 Å². The van der Waals surface area contributed by atoms with E-state index in [0.29, 0.717) is 5.13 Å². The van der Waals surface area contributed by atoms with Gasteiger partial charge in [0.25, 0.3) is 0 Å². The van der Waals surface area contributed by atoms with Crippen LogP contribution in [0.25, 0.3) is 0 Å². The number of aromatic carboxylic acids is 1. The number of hydrogen-bond acceptors (Lipinski definition) is 5. The van der Waals surface area contributed by atoms with Crippen LogP contribution in [0.1, 0.15) is 9.67 Å². The molecule has 2 aromatic rings. The van der Waals surface area contributed by atoms with E-state index in [1.165, 1.54) is 6.20 Å². The van der Waals surface area contributed by atoms with E-state index in [2.05, 4.69) is 26.2 Å². The standard InChI is InChI=1S/C11H9BrN2O3S/c1-17-8-3-2-6(4-7(8)12)14-11-13-5-9(18-11)10(15)16/h2-5H,1H3,(H,13,14)(H,15,16). The maximum atomic E-state index is 10.7. The number of carboxylic acid groups (broad SMARTS) is 1. The van der Waals surface area contributed by atoms with Gasteiger partial charge in [-0.15, -0.1) is 0 Å². The van der Waals surface area contributed by atoms with Gasteiger partial charge in [0.05, 0.1) is 17.8 Å². The van der Waals surface area contributed by atoms with E-state index in [-0.39, 0.29) is 4.88 Å². The first-order chi connectivity index (χ1) is 8.60. The van der Waals surface area contributed by atoms with Gasteiger partial charge in [0.15, 0.2) is 5.13 Å². The lowest BCUT2D eigenvalue weighted by Gasteiger charge is -2.06. The molecule has 0 aliphatic carbocycles. The Morgan fingerprint density at radius 2 is 2.33 bits per heavy atom. The highest BCUT2D eigenvalue weighted by Crippen LogP contribution is 2.30. The lowest BCUT2D eigenvalue weighted by atomic mass is 10.3. The zero-order valence-electron chi connectivity index (χ0n) is 9.31. The minimum Gasteiger partial charge on any atom is -0.496 e. The largest absolute Gasteiger partial charge is 0.496 e. The van der Waals surface area contributed by atoms with E-state index in [1.807, 2.05) is 12.1 Å². The molecule has 0 bridgehead atoms. The van der Waals surface area contributed by atoms with Crippen LogP contribution in [-0.4, -0.2) is 23.2 Å². The van der Waals surface area contributed by atoms with Gasteiger partial charge < -0.3 is 15.2 Å². The van der Waals surface area contributed by atoms with E-state index in [4.69, 9.17) is 9.84 Å². The number of aromatic nitrogens is 1. The highest BCUT2D eigenvalue weighted by molar-refractivity contribution is 9.10. The molecular formula is C11H9BrN2O3S. The molecule has 0 aliphatic rings. The first-order valence-electron chi connectivity index (χ1n) is 4.90. The molecule has 0 aliphatic heterocycles. The van der Waals surface area contributed by atoms with Crippen molar-refractivity contribution in [1.82, 2.24) is 4.98 Å². The van der Waals surface area contributed by atoms with E-state index in [0.717, 1.165) is 27.2 Å². The molecular weight excluding hydrogens is 320 g/mol. The maximum Gasteiger partial charge on any atom is 0.347 e. The Kier molecular flexibility index (Phi) is 3.83. The molecule has 7 heteroatoms. The van der Waals surface area contributed by atoms with Crippen molar-refractivity contribution in [2.75, 3.05) is 12.4 Å². The lowest BCUT2D eigenvalue weighted by molar-refractivity contribution is 0.0702. The van der Waals surface area contributed by atoms with Gasteiger partial charge in [0.1, 0.15) is 10.6 Å². The number of carbonyl (C=O) groups is 1. The summed E-state index contributed by atoms with van der Waals surface area (Å²) in [5.41, 5.74) is 0.800. The molecule has 1 aromatic carbocycles. The average Bonchev–Trinajstić information content (AvgIpc) is 2.78. The molecule has 18 heavy (non-hydrogen) atoms. The molecule has 1 aromatic heterocycles. The first-order valence-corrected chi connectivity index (χ1v) is 6.51. The number of nitrogens with zero attached hydrogens (tertiary/aromatic N) is 1. The van der Waals surface area contributed by atoms with E-state index < -0.39 is 5.97 Å². The molecule has 0 saturated carbocycles. The monoisotopic (exact) mass is 328 g/mol. The molecule has 0 fully saturated rings. The molecule has 0 atom stereocenters. The SMILES string of the molecule is COc1ccc(Nc2ncc(C(=O)O)s2)cc1Br. The number of anilines is 2. The van der Waals surface area contributed by atoms with E-state index in [9.17, 15) is 4.79 Å². The number of rotatable bonds is 4. The number of nitrogens with one attached hydrogen (secondary N) is 1. The maximum absolute atomic E-state index is 10.7. The highest BCUT2D eigenvalue weighted by Gasteiger charge is 2.09. The summed E-state index contributed by atoms with van der Waals surface area (Å²) in [6.07, 6.45) is 1.33. The van der Waals surface area contributed by atoms with Gasteiger partial charge in [0.2, 0.25) is 0 Å². The highest BCUT2D eigenvalue weighted by atomic mass is 79.9. The first kappa shape index (κ1) is 12.8. The second kappa shape index (κ2) is 5.36. The summed E-state index contributed by atoms with van der Waals surface area (Å²) in [7, 11) is 1.59. The van der Waals surface area contributed by atoms with Crippen LogP contribution in [0, 0.1) is 0 Å². The molecule has 1 heterocycles. The van der Waals surface area contributed by atoms with Gasteiger partial charge in [-0.3, -0.25) is 0 Å². The number of methoxy groups -OCH3 is 1. The van der Waals surface area contributed by atoms with Crippen LogP contribution in [0.4, 0.5) is 10.8 Å². The van der Waals surface area contributed by atoms with Crippen LogP contribution >= 0.6 is 27.3 Å². The molecule has 0 radical (unpaired) electrons. The van der Waals surface area contributed by atoms with Gasteiger partial charge in [-0.2, -0.15) is 0 Å². The molecule has 0 amide bonds. The third-order valence-corrected chi connectivity index (χ3v) is 3.64. The van der Waals surface area contributed by atoms with Crippen molar-refractivity contribution >= 4 is 44.1 Å². The fourth-order valence-electron chi connectivity index (χ4n) is 1.30. The Balaban J connectivity index is 2.18. The van der Waals surface area contributed by atoms with Crippen LogP contribution in [-0.2, 0) is 0 Å². The smallest absolute Gasteiger partial charge is 0.347 e. The third-order valence-electron chi connectivity index (χ3n) is 2.12. The van der Waals surface area contributed by atoms with Crippen LogP contribution < -0.4 is 10.1 Å². The topological polar surface area (TPSA) is 71.5 Å². The summed E-state index contributed by atoms with van der Waals surface area (Å²) in [6.45, 7) is 0. The Bertz CT molecular complexity index is 585. The number of hydrogen-bond donors (Lipinski definition) is 2. The summed E-state index contributed by atoms with van der Waals surface area (Å²) in [6, 6.07) is 5.46. The van der Waals surface area contributed by atoms with Gasteiger partial charge in [-0.25, -0.2) is 9.78 Å². The fraction of sp³-hybridized carbons (Fsp3) is 0.0909. The molecule has 0 spiro atoms. The van der Waals surface area contributed by atoms with Crippen molar-refractivity contribution in [2.24, 2.45) is 0 Å². The minimum absolute atomic E-state index is 0.199. The van der Waals surface area contributed by atoms with Gasteiger partial charge in [-0.1, -0.05) is 11.3 Å². The fourth-order valence-corrected chi connectivity index (χ4v) is 2.51. The Morgan fingerprint density at radius 1 is 1.56 bits per heavy atom. The van der Waals surface area contributed by atoms with Crippen molar-refractivity contribution in [2.45, 2.75) is 0 Å². The number of carboxylic acids is 1. The molecule has 0 unspecified atom stereocenters. The number of ether oxygens (including phenoxy) is 1. The Hall–Kier alpha value is -1.60. The number of halogens is 1. The van der Waals surface area contributed by atoms with Crippen molar-refractivity contribution in [3.63, 3.8) is 0 Å². The second-order valence-corrected chi connectivity index (χ2v) is 5.19. The van der Waals surface area contributed by atoms with E-state index in [1.54, 1.807) is 13.2 Å². The number of thiazole rings is 1.